The highest BCUT2D eigenvalue weighted by Crippen LogP contribution is 2.56. The minimum atomic E-state index is -2.48. The minimum Gasteiger partial charge on any atom is -1.00 e. The molecule has 0 aliphatic rings. The molecule has 0 heterocycles. The molecule has 6 heteroatoms. The third kappa shape index (κ3) is 6.31. The maximum Gasteiger partial charge on any atom is 0.196 e. The molecule has 0 atom stereocenters. The number of hydrogen-bond acceptors (Lipinski definition) is 4. The number of benzene rings is 2. The van der Waals surface area contributed by atoms with E-state index in [0.717, 1.165) is 11.1 Å². The average molecular weight is 395 g/mol. The molecule has 0 fully saturated rings. The number of carbonyl (C=O) groups is 1. The molecule has 3 N–H and O–H groups in total. The maximum absolute atomic E-state index is 12.9. The average Bonchev–Trinajstić information content (AvgIpc) is 2.67. The van der Waals surface area contributed by atoms with E-state index >= 15 is 0 Å². The number of aliphatic hydroxyl groups excluding tert-OH is 3. The van der Waals surface area contributed by atoms with Crippen LogP contribution in [-0.4, -0.2) is 46.3 Å². The first-order chi connectivity index (χ1) is 12.1. The van der Waals surface area contributed by atoms with Gasteiger partial charge in [0.25, 0.3) is 0 Å². The standard InChI is InChI=1S/C20H24O4P.ClH/c21-14-25(15-22,16-23)13-20(24)19(11-17-7-3-1-4-8-17)12-18-9-5-2-6-10-18;/h1-11,21-23H,12-16H2;1H/q+1;/p-1. The van der Waals surface area contributed by atoms with E-state index < -0.39 is 7.26 Å². The van der Waals surface area contributed by atoms with Crippen LogP contribution in [0.15, 0.2) is 66.2 Å². The zero-order valence-corrected chi connectivity index (χ0v) is 16.1. The third-order valence-corrected chi connectivity index (χ3v) is 6.87. The van der Waals surface area contributed by atoms with Crippen molar-refractivity contribution >= 4 is 19.1 Å². The van der Waals surface area contributed by atoms with E-state index in [4.69, 9.17) is 0 Å². The second-order valence-electron chi connectivity index (χ2n) is 6.09. The summed E-state index contributed by atoms with van der Waals surface area (Å²) in [5.41, 5.74) is 2.54. The van der Waals surface area contributed by atoms with Crippen LogP contribution in [-0.2, 0) is 11.2 Å². The molecule has 2 rings (SSSR count). The highest BCUT2D eigenvalue weighted by molar-refractivity contribution is 7.76. The normalized spacial score (nSPS) is 11.7. The summed E-state index contributed by atoms with van der Waals surface area (Å²) in [5.74, 6) is -0.141. The van der Waals surface area contributed by atoms with E-state index in [2.05, 4.69) is 0 Å². The molecule has 0 radical (unpaired) electrons. The third-order valence-electron chi connectivity index (χ3n) is 4.12. The van der Waals surface area contributed by atoms with Crippen LogP contribution >= 0.6 is 7.26 Å². The van der Waals surface area contributed by atoms with Gasteiger partial charge in [-0.3, -0.25) is 4.79 Å². The summed E-state index contributed by atoms with van der Waals surface area (Å²) < 4.78 is 0. The van der Waals surface area contributed by atoms with Gasteiger partial charge in [0.1, 0.15) is 13.4 Å². The summed E-state index contributed by atoms with van der Waals surface area (Å²) in [7, 11) is -2.48. The van der Waals surface area contributed by atoms with Crippen LogP contribution in [0, 0.1) is 0 Å². The van der Waals surface area contributed by atoms with Gasteiger partial charge in [-0.05, 0) is 17.2 Å². The Bertz CT molecular complexity index is 692. The number of ketones is 1. The van der Waals surface area contributed by atoms with E-state index in [1.807, 2.05) is 66.7 Å². The van der Waals surface area contributed by atoms with E-state index in [0.29, 0.717) is 12.0 Å². The van der Waals surface area contributed by atoms with Crippen LogP contribution in [0.25, 0.3) is 6.08 Å². The molecule has 0 aliphatic carbocycles. The first-order valence-corrected chi connectivity index (χ1v) is 10.7. The highest BCUT2D eigenvalue weighted by Gasteiger charge is 2.39. The van der Waals surface area contributed by atoms with Crippen molar-refractivity contribution in [3.8, 4) is 0 Å². The van der Waals surface area contributed by atoms with Gasteiger partial charge in [-0.25, -0.2) is 0 Å². The lowest BCUT2D eigenvalue weighted by Gasteiger charge is -2.20. The van der Waals surface area contributed by atoms with E-state index in [1.165, 1.54) is 0 Å². The Morgan fingerprint density at radius 2 is 1.35 bits per heavy atom. The lowest BCUT2D eigenvalue weighted by atomic mass is 10.00. The minimum absolute atomic E-state index is 0. The molecule has 2 aromatic carbocycles. The van der Waals surface area contributed by atoms with E-state index in [9.17, 15) is 20.1 Å². The van der Waals surface area contributed by atoms with Crippen molar-refractivity contribution in [2.75, 3.05) is 25.2 Å². The van der Waals surface area contributed by atoms with Crippen molar-refractivity contribution in [3.63, 3.8) is 0 Å². The molecule has 2 aromatic rings. The molecule has 0 bridgehead atoms. The summed E-state index contributed by atoms with van der Waals surface area (Å²) >= 11 is 0. The number of rotatable bonds is 9. The number of halogens is 1. The van der Waals surface area contributed by atoms with Gasteiger partial charge in [-0.15, -0.1) is 0 Å². The number of carbonyl (C=O) groups excluding carboxylic acids is 1. The Hall–Kier alpha value is -1.55. The lowest BCUT2D eigenvalue weighted by Crippen LogP contribution is -3.00. The smallest absolute Gasteiger partial charge is 0.196 e. The fourth-order valence-corrected chi connectivity index (χ4v) is 3.87. The zero-order chi connectivity index (χ0) is 18.1. The lowest BCUT2D eigenvalue weighted by molar-refractivity contribution is -0.113. The van der Waals surface area contributed by atoms with Gasteiger partial charge >= 0.3 is 0 Å². The van der Waals surface area contributed by atoms with Crippen molar-refractivity contribution < 1.29 is 32.5 Å². The van der Waals surface area contributed by atoms with Gasteiger partial charge in [0.05, 0.1) is 0 Å². The van der Waals surface area contributed by atoms with Crippen LogP contribution in [0.2, 0.25) is 0 Å². The molecular formula is C20H24ClO4P. The molecular weight excluding hydrogens is 371 g/mol. The van der Waals surface area contributed by atoms with Gasteiger partial charge in [-0.2, -0.15) is 0 Å². The van der Waals surface area contributed by atoms with Gasteiger partial charge in [-0.1, -0.05) is 60.7 Å². The van der Waals surface area contributed by atoms with E-state index in [-0.39, 0.29) is 43.4 Å². The largest absolute Gasteiger partial charge is 1.00 e. The molecule has 4 nitrogen and oxygen atoms in total. The second kappa shape index (κ2) is 11.2. The van der Waals surface area contributed by atoms with Crippen LogP contribution in [0.1, 0.15) is 11.1 Å². The Morgan fingerprint density at radius 1 is 0.846 bits per heavy atom. The van der Waals surface area contributed by atoms with E-state index in [1.54, 1.807) is 0 Å². The SMILES string of the molecule is O=C(C[P+](CO)(CO)CO)C(=Cc1ccccc1)Cc1ccccc1.[Cl-]. The molecule has 0 unspecified atom stereocenters. The summed E-state index contributed by atoms with van der Waals surface area (Å²) in [6.07, 6.45) is 1.30. The molecule has 0 spiro atoms. The molecule has 0 saturated carbocycles. The first kappa shape index (κ1) is 22.5. The van der Waals surface area contributed by atoms with Crippen molar-refractivity contribution in [2.45, 2.75) is 6.42 Å². The summed E-state index contributed by atoms with van der Waals surface area (Å²) in [6.45, 7) is 0. The van der Waals surface area contributed by atoms with Crippen molar-refractivity contribution in [3.05, 3.63) is 77.4 Å². The summed E-state index contributed by atoms with van der Waals surface area (Å²) in [5, 5.41) is 28.6. The number of hydrogen-bond donors (Lipinski definition) is 3. The van der Waals surface area contributed by atoms with Crippen LogP contribution < -0.4 is 12.4 Å². The topological polar surface area (TPSA) is 77.8 Å². The van der Waals surface area contributed by atoms with Crippen molar-refractivity contribution in [1.82, 2.24) is 0 Å². The van der Waals surface area contributed by atoms with Crippen molar-refractivity contribution in [1.29, 1.82) is 0 Å². The highest BCUT2D eigenvalue weighted by atomic mass is 35.5. The Kier molecular flexibility index (Phi) is 9.71. The number of aliphatic hydroxyl groups is 3. The Morgan fingerprint density at radius 3 is 1.85 bits per heavy atom. The molecule has 140 valence electrons. The Labute approximate surface area is 161 Å². The summed E-state index contributed by atoms with van der Waals surface area (Å²) in [4.78, 5) is 12.9. The van der Waals surface area contributed by atoms with Gasteiger partial charge < -0.3 is 27.7 Å². The Balaban J connectivity index is 0.00000338. The molecule has 26 heavy (non-hydrogen) atoms. The van der Waals surface area contributed by atoms with Crippen LogP contribution in [0.4, 0.5) is 0 Å². The fourth-order valence-electron chi connectivity index (χ4n) is 2.49. The van der Waals surface area contributed by atoms with Gasteiger partial charge in [0.15, 0.2) is 24.8 Å². The fraction of sp³-hybridized carbons (Fsp3) is 0.250. The molecule has 0 amide bonds. The zero-order valence-electron chi connectivity index (χ0n) is 14.5. The number of Topliss-reactive ketones (excluding diaryl/α,β-unsaturated/α-hetero) is 1. The summed E-state index contributed by atoms with van der Waals surface area (Å²) in [6, 6.07) is 19.2. The monoisotopic (exact) mass is 394 g/mol. The predicted octanol–water partition coefficient (Wildman–Crippen LogP) is -0.247. The number of allylic oxidation sites excluding steroid dienone is 1. The maximum atomic E-state index is 12.9. The second-order valence-corrected chi connectivity index (χ2v) is 9.94. The van der Waals surface area contributed by atoms with Crippen LogP contribution in [0.3, 0.4) is 0 Å². The first-order valence-electron chi connectivity index (χ1n) is 8.13. The predicted molar refractivity (Wildman–Crippen MR) is 103 cm³/mol. The molecule has 0 saturated heterocycles. The molecule has 0 aromatic heterocycles. The quantitative estimate of drug-likeness (QED) is 0.405. The van der Waals surface area contributed by atoms with Gasteiger partial charge in [0, 0.05) is 12.0 Å². The van der Waals surface area contributed by atoms with Gasteiger partial charge in [0.2, 0.25) is 0 Å². The molecule has 0 aliphatic heterocycles. The van der Waals surface area contributed by atoms with Crippen LogP contribution in [0.5, 0.6) is 0 Å². The van der Waals surface area contributed by atoms with Crippen molar-refractivity contribution in [2.24, 2.45) is 0 Å².